The van der Waals surface area contributed by atoms with Crippen molar-refractivity contribution in [1.82, 2.24) is 4.98 Å². The fourth-order valence-corrected chi connectivity index (χ4v) is 1.46. The number of carbonyl (C=O) groups excluding carboxylic acids is 1. The molecule has 0 bridgehead atoms. The van der Waals surface area contributed by atoms with Gasteiger partial charge in [0.05, 0.1) is 0 Å². The van der Waals surface area contributed by atoms with Crippen molar-refractivity contribution in [1.29, 1.82) is 0 Å². The molecule has 102 valence electrons. The van der Waals surface area contributed by atoms with Crippen LogP contribution >= 0.6 is 0 Å². The van der Waals surface area contributed by atoms with Crippen LogP contribution in [0.3, 0.4) is 0 Å². The van der Waals surface area contributed by atoms with E-state index in [-0.39, 0.29) is 11.5 Å². The summed E-state index contributed by atoms with van der Waals surface area (Å²) >= 11 is 0. The number of benzene rings is 1. The molecule has 3 N–H and O–H groups in total. The van der Waals surface area contributed by atoms with Crippen molar-refractivity contribution >= 4 is 27.1 Å². The second-order valence-electron chi connectivity index (χ2n) is 3.54. The quantitative estimate of drug-likeness (QED) is 0.535. The van der Waals surface area contributed by atoms with Crippen molar-refractivity contribution in [2.75, 3.05) is 0 Å². The number of ketones is 1. The number of Topliss-reactive ketones (excluding diaryl/α,β-unsaturated/α-hetero) is 1. The molecule has 0 amide bonds. The Morgan fingerprint density at radius 3 is 2.32 bits per heavy atom. The summed E-state index contributed by atoms with van der Waals surface area (Å²) in [6.45, 7) is 1.50. The number of hydrogen-bond donors (Lipinski definition) is 3. The average Bonchev–Trinajstić information content (AvgIpc) is 2.27. The average molecular weight is 285 g/mol. The van der Waals surface area contributed by atoms with E-state index in [1.807, 2.05) is 0 Å². The van der Waals surface area contributed by atoms with Crippen LogP contribution in [0, 0.1) is 0 Å². The topological polar surface area (TPSA) is 125 Å². The number of hydrogen-bond acceptors (Lipinski definition) is 5. The normalized spacial score (nSPS) is 10.7. The fraction of sp³-hybridized carbons (Fsp3) is 0.0909. The maximum Gasteiger partial charge on any atom is 0.394 e. The smallest absolute Gasteiger partial charge is 0.394 e. The SMILES string of the molecule is CC(=O)c1ccc(O)c2ncccc12.O=S(=O)(O)O. The fourth-order valence-electron chi connectivity index (χ4n) is 1.46. The maximum absolute atomic E-state index is 11.3. The van der Waals surface area contributed by atoms with Crippen molar-refractivity contribution < 1.29 is 27.4 Å². The molecule has 2 rings (SSSR count). The molecule has 1 heterocycles. The molecule has 0 atom stereocenters. The molecule has 19 heavy (non-hydrogen) atoms. The lowest BCUT2D eigenvalue weighted by molar-refractivity contribution is 0.101. The van der Waals surface area contributed by atoms with E-state index >= 15 is 0 Å². The lowest BCUT2D eigenvalue weighted by Gasteiger charge is -2.03. The van der Waals surface area contributed by atoms with Crippen LogP contribution in [0.1, 0.15) is 17.3 Å². The number of phenolic OH excluding ortho intramolecular Hbond substituents is 1. The third kappa shape index (κ3) is 4.62. The summed E-state index contributed by atoms with van der Waals surface area (Å²) in [4.78, 5) is 15.3. The van der Waals surface area contributed by atoms with Crippen LogP contribution in [0.4, 0.5) is 0 Å². The predicted molar refractivity (Wildman–Crippen MR) is 67.6 cm³/mol. The van der Waals surface area contributed by atoms with Gasteiger partial charge in [-0.15, -0.1) is 0 Å². The minimum absolute atomic E-state index is 0.0250. The minimum Gasteiger partial charge on any atom is -0.506 e. The Bertz CT molecular complexity index is 702. The van der Waals surface area contributed by atoms with E-state index in [2.05, 4.69) is 4.98 Å². The third-order valence-electron chi connectivity index (χ3n) is 2.13. The summed E-state index contributed by atoms with van der Waals surface area (Å²) in [6.07, 6.45) is 1.59. The number of aromatic hydroxyl groups is 1. The summed E-state index contributed by atoms with van der Waals surface area (Å²) in [7, 11) is -4.67. The Morgan fingerprint density at radius 2 is 1.79 bits per heavy atom. The van der Waals surface area contributed by atoms with Crippen LogP contribution in [0.15, 0.2) is 30.5 Å². The summed E-state index contributed by atoms with van der Waals surface area (Å²) in [6, 6.07) is 6.63. The summed E-state index contributed by atoms with van der Waals surface area (Å²) in [5.74, 6) is 0.0774. The second-order valence-corrected chi connectivity index (χ2v) is 4.43. The Labute approximate surface area is 109 Å². The van der Waals surface area contributed by atoms with E-state index in [4.69, 9.17) is 17.5 Å². The van der Waals surface area contributed by atoms with E-state index in [1.54, 1.807) is 24.4 Å². The van der Waals surface area contributed by atoms with Gasteiger partial charge in [-0.1, -0.05) is 6.07 Å². The van der Waals surface area contributed by atoms with Gasteiger partial charge in [0.1, 0.15) is 11.3 Å². The Hall–Kier alpha value is -2.03. The van der Waals surface area contributed by atoms with Crippen LogP contribution in [0.25, 0.3) is 10.9 Å². The van der Waals surface area contributed by atoms with Gasteiger partial charge in [-0.2, -0.15) is 8.42 Å². The van der Waals surface area contributed by atoms with Crippen molar-refractivity contribution in [2.45, 2.75) is 6.92 Å². The molecular weight excluding hydrogens is 274 g/mol. The van der Waals surface area contributed by atoms with Crippen LogP contribution < -0.4 is 0 Å². The minimum atomic E-state index is -4.67. The molecule has 1 aromatic heterocycles. The molecular formula is C11H11NO6S. The monoisotopic (exact) mass is 285 g/mol. The lowest BCUT2D eigenvalue weighted by atomic mass is 10.1. The standard InChI is InChI=1S/C11H9NO2.H2O4S/c1-7(13)8-4-5-10(14)11-9(8)3-2-6-12-11;1-5(2,3)4/h2-6,14H,1H3;(H2,1,2,3,4). The zero-order valence-corrected chi connectivity index (χ0v) is 10.6. The van der Waals surface area contributed by atoms with Gasteiger partial charge in [-0.25, -0.2) is 0 Å². The number of carbonyl (C=O) groups is 1. The molecule has 0 spiro atoms. The molecule has 0 radical (unpaired) electrons. The van der Waals surface area contributed by atoms with Crippen LogP contribution in [0.2, 0.25) is 0 Å². The molecule has 0 aliphatic heterocycles. The largest absolute Gasteiger partial charge is 0.506 e. The lowest BCUT2D eigenvalue weighted by Crippen LogP contribution is -1.94. The zero-order chi connectivity index (χ0) is 14.6. The first kappa shape index (κ1) is 15.0. The summed E-state index contributed by atoms with van der Waals surface area (Å²) in [5, 5.41) is 10.2. The van der Waals surface area contributed by atoms with Gasteiger partial charge in [-0.3, -0.25) is 18.9 Å². The van der Waals surface area contributed by atoms with Crippen molar-refractivity contribution in [3.05, 3.63) is 36.0 Å². The third-order valence-corrected chi connectivity index (χ3v) is 2.13. The van der Waals surface area contributed by atoms with E-state index in [9.17, 15) is 9.90 Å². The summed E-state index contributed by atoms with van der Waals surface area (Å²) < 4.78 is 31.6. The number of fused-ring (bicyclic) bond motifs is 1. The number of phenols is 1. The highest BCUT2D eigenvalue weighted by atomic mass is 32.3. The number of aromatic nitrogens is 1. The Morgan fingerprint density at radius 1 is 1.21 bits per heavy atom. The van der Waals surface area contributed by atoms with Crippen LogP contribution in [0.5, 0.6) is 5.75 Å². The molecule has 2 aromatic rings. The first-order valence-electron chi connectivity index (χ1n) is 4.97. The van der Waals surface area contributed by atoms with E-state index < -0.39 is 10.4 Å². The number of rotatable bonds is 1. The van der Waals surface area contributed by atoms with Crippen molar-refractivity contribution in [3.8, 4) is 5.75 Å². The predicted octanol–water partition coefficient (Wildman–Crippen LogP) is 1.49. The van der Waals surface area contributed by atoms with Gasteiger partial charge in [0.15, 0.2) is 5.78 Å². The van der Waals surface area contributed by atoms with E-state index in [0.29, 0.717) is 16.5 Å². The van der Waals surface area contributed by atoms with E-state index in [0.717, 1.165) is 0 Å². The van der Waals surface area contributed by atoms with Crippen molar-refractivity contribution in [3.63, 3.8) is 0 Å². The van der Waals surface area contributed by atoms with Gasteiger partial charge in [-0.05, 0) is 25.1 Å². The molecule has 8 heteroatoms. The highest BCUT2D eigenvalue weighted by molar-refractivity contribution is 7.79. The molecule has 1 aromatic carbocycles. The van der Waals surface area contributed by atoms with Crippen LogP contribution in [-0.4, -0.2) is 33.4 Å². The number of nitrogens with zero attached hydrogens (tertiary/aromatic N) is 1. The Kier molecular flexibility index (Phi) is 4.54. The van der Waals surface area contributed by atoms with Gasteiger partial charge in [0.2, 0.25) is 0 Å². The molecule has 0 aliphatic rings. The maximum atomic E-state index is 11.3. The second kappa shape index (κ2) is 5.74. The molecule has 0 saturated heterocycles. The number of pyridine rings is 1. The van der Waals surface area contributed by atoms with Crippen LogP contribution in [-0.2, 0) is 10.4 Å². The first-order chi connectivity index (χ1) is 8.70. The highest BCUT2D eigenvalue weighted by Gasteiger charge is 2.08. The molecule has 0 unspecified atom stereocenters. The van der Waals surface area contributed by atoms with Gasteiger partial charge in [0, 0.05) is 17.1 Å². The Balaban J connectivity index is 0.000000312. The molecule has 0 fully saturated rings. The van der Waals surface area contributed by atoms with E-state index in [1.165, 1.54) is 13.0 Å². The van der Waals surface area contributed by atoms with Crippen molar-refractivity contribution in [2.24, 2.45) is 0 Å². The zero-order valence-electron chi connectivity index (χ0n) is 9.81. The van der Waals surface area contributed by atoms with Gasteiger partial charge in [0.25, 0.3) is 0 Å². The molecule has 7 nitrogen and oxygen atoms in total. The molecule has 0 aliphatic carbocycles. The first-order valence-corrected chi connectivity index (χ1v) is 6.37. The summed E-state index contributed by atoms with van der Waals surface area (Å²) in [5.41, 5.74) is 1.06. The van der Waals surface area contributed by atoms with Gasteiger partial charge >= 0.3 is 10.4 Å². The van der Waals surface area contributed by atoms with Gasteiger partial charge < -0.3 is 5.11 Å². The molecule has 0 saturated carbocycles. The highest BCUT2D eigenvalue weighted by Crippen LogP contribution is 2.25.